The summed E-state index contributed by atoms with van der Waals surface area (Å²) in [6.45, 7) is 4.33. The van der Waals surface area contributed by atoms with Crippen LogP contribution in [0.2, 0.25) is 0 Å². The number of anilines is 3. The Balaban J connectivity index is 1.02. The van der Waals surface area contributed by atoms with Gasteiger partial charge >= 0.3 is 0 Å². The lowest BCUT2D eigenvalue weighted by Gasteiger charge is -2.26. The van der Waals surface area contributed by atoms with Crippen LogP contribution in [0.15, 0.2) is 73.3 Å². The molecule has 47 heavy (non-hydrogen) atoms. The normalized spacial score (nSPS) is 13.3. The molecule has 4 amide bonds. The molecule has 0 bridgehead atoms. The second kappa shape index (κ2) is 13.7. The van der Waals surface area contributed by atoms with Gasteiger partial charge < -0.3 is 40.1 Å². The highest BCUT2D eigenvalue weighted by Crippen LogP contribution is 2.20. The Kier molecular flexibility index (Phi) is 9.13. The first-order chi connectivity index (χ1) is 22.7. The molecular formula is C33H35N9O5. The van der Waals surface area contributed by atoms with Gasteiger partial charge in [0.25, 0.3) is 23.6 Å². The van der Waals surface area contributed by atoms with E-state index in [0.29, 0.717) is 48.2 Å². The summed E-state index contributed by atoms with van der Waals surface area (Å²) in [5.41, 5.74) is 2.43. The smallest absolute Gasteiger partial charge is 0.274 e. The average Bonchev–Trinajstić information content (AvgIpc) is 3.79. The molecule has 14 heteroatoms. The summed E-state index contributed by atoms with van der Waals surface area (Å²) in [7, 11) is 3.42. The molecular weight excluding hydrogens is 602 g/mol. The van der Waals surface area contributed by atoms with Crippen molar-refractivity contribution in [3.05, 3.63) is 96.1 Å². The Hall–Kier alpha value is -5.73. The number of carbonyl (C=O) groups is 4. The van der Waals surface area contributed by atoms with Gasteiger partial charge in [0.1, 0.15) is 22.8 Å². The van der Waals surface area contributed by atoms with Crippen LogP contribution in [0.25, 0.3) is 10.8 Å². The van der Waals surface area contributed by atoms with Crippen LogP contribution in [0, 0.1) is 0 Å². The molecule has 14 nitrogen and oxygen atoms in total. The number of rotatable bonds is 10. The van der Waals surface area contributed by atoms with E-state index in [-0.39, 0.29) is 17.3 Å². The molecule has 242 valence electrons. The first-order valence-corrected chi connectivity index (χ1v) is 15.1. The maximum Gasteiger partial charge on any atom is 0.274 e. The van der Waals surface area contributed by atoms with Gasteiger partial charge in [0, 0.05) is 70.4 Å². The van der Waals surface area contributed by atoms with Crippen LogP contribution in [0.5, 0.6) is 0 Å². The number of aromatic amines is 1. The number of H-pyrrole nitrogens is 1. The van der Waals surface area contributed by atoms with Gasteiger partial charge in [0.15, 0.2) is 0 Å². The van der Waals surface area contributed by atoms with Crippen LogP contribution in [-0.4, -0.2) is 87.0 Å². The SMILES string of the molecule is Cn1cc(NC(=O)c2cc(NC(=O)c3cc(NC(=O)c4cc5ccccc5cn4)c[nH]3)cn2C)cc1C(=O)NCCN1CCOCC1. The quantitative estimate of drug-likeness (QED) is 0.157. The Morgan fingerprint density at radius 1 is 0.787 bits per heavy atom. The molecule has 1 fully saturated rings. The van der Waals surface area contributed by atoms with Crippen LogP contribution < -0.4 is 21.3 Å². The standard InChI is InChI=1S/C33H35N9O5/c1-40-20-25(15-28(40)32(45)34-7-8-42-9-11-47-12-10-42)39-33(46)29-16-24(19-41(29)2)38-31(44)27-14-23(18-36-27)37-30(43)26-13-21-5-3-4-6-22(21)17-35-26/h3-6,13-20,36H,7-12H2,1-2H3,(H,34,45)(H,37,43)(H,38,44)(H,39,46). The molecule has 1 aromatic carbocycles. The van der Waals surface area contributed by atoms with E-state index in [1.165, 1.54) is 12.3 Å². The summed E-state index contributed by atoms with van der Waals surface area (Å²) in [6, 6.07) is 14.0. The summed E-state index contributed by atoms with van der Waals surface area (Å²) >= 11 is 0. The fourth-order valence-corrected chi connectivity index (χ4v) is 5.35. The lowest BCUT2D eigenvalue weighted by molar-refractivity contribution is 0.0383. The molecule has 0 aliphatic carbocycles. The van der Waals surface area contributed by atoms with E-state index in [1.807, 2.05) is 24.3 Å². The number of morpholine rings is 1. The zero-order chi connectivity index (χ0) is 32.9. The van der Waals surface area contributed by atoms with E-state index < -0.39 is 17.7 Å². The van der Waals surface area contributed by atoms with Crippen molar-refractivity contribution in [1.82, 2.24) is 29.3 Å². The van der Waals surface area contributed by atoms with E-state index in [9.17, 15) is 19.2 Å². The number of hydrogen-bond acceptors (Lipinski definition) is 7. The number of carbonyl (C=O) groups excluding carboxylic acids is 4. The number of fused-ring (bicyclic) bond motifs is 1. The Morgan fingerprint density at radius 2 is 1.43 bits per heavy atom. The van der Waals surface area contributed by atoms with Gasteiger partial charge in [-0.15, -0.1) is 0 Å². The van der Waals surface area contributed by atoms with Crippen molar-refractivity contribution < 1.29 is 23.9 Å². The fourth-order valence-electron chi connectivity index (χ4n) is 5.35. The van der Waals surface area contributed by atoms with E-state index in [1.54, 1.807) is 60.0 Å². The van der Waals surface area contributed by atoms with Gasteiger partial charge in [0.2, 0.25) is 0 Å². The highest BCUT2D eigenvalue weighted by molar-refractivity contribution is 6.08. The van der Waals surface area contributed by atoms with Crippen LogP contribution in [0.3, 0.4) is 0 Å². The number of pyridine rings is 1. The third-order valence-electron chi connectivity index (χ3n) is 7.86. The highest BCUT2D eigenvalue weighted by atomic mass is 16.5. The molecule has 5 N–H and O–H groups in total. The minimum absolute atomic E-state index is 0.210. The lowest BCUT2D eigenvalue weighted by Crippen LogP contribution is -2.41. The maximum atomic E-state index is 13.1. The van der Waals surface area contributed by atoms with Crippen molar-refractivity contribution in [2.45, 2.75) is 0 Å². The lowest BCUT2D eigenvalue weighted by atomic mass is 10.1. The maximum absolute atomic E-state index is 13.1. The Bertz CT molecular complexity index is 1950. The van der Waals surface area contributed by atoms with Gasteiger partial charge in [-0.05, 0) is 29.7 Å². The monoisotopic (exact) mass is 637 g/mol. The van der Waals surface area contributed by atoms with Crippen LogP contribution >= 0.6 is 0 Å². The highest BCUT2D eigenvalue weighted by Gasteiger charge is 2.19. The number of nitrogens with zero attached hydrogens (tertiary/aromatic N) is 4. The van der Waals surface area contributed by atoms with Crippen molar-refractivity contribution in [2.24, 2.45) is 14.1 Å². The number of aryl methyl sites for hydroxylation is 2. The third-order valence-corrected chi connectivity index (χ3v) is 7.86. The number of ether oxygens (including phenoxy) is 1. The molecule has 5 aromatic rings. The van der Waals surface area contributed by atoms with Gasteiger partial charge in [-0.3, -0.25) is 29.1 Å². The van der Waals surface area contributed by atoms with Crippen molar-refractivity contribution in [3.8, 4) is 0 Å². The largest absolute Gasteiger partial charge is 0.379 e. The van der Waals surface area contributed by atoms with Crippen LogP contribution in [-0.2, 0) is 18.8 Å². The molecule has 6 rings (SSSR count). The van der Waals surface area contributed by atoms with Gasteiger partial charge in [0.05, 0.1) is 30.3 Å². The van der Waals surface area contributed by atoms with Crippen molar-refractivity contribution in [1.29, 1.82) is 0 Å². The first-order valence-electron chi connectivity index (χ1n) is 15.1. The zero-order valence-electron chi connectivity index (χ0n) is 26.0. The van der Waals surface area contributed by atoms with Gasteiger partial charge in [-0.25, -0.2) is 0 Å². The van der Waals surface area contributed by atoms with E-state index in [0.717, 1.165) is 30.4 Å². The van der Waals surface area contributed by atoms with Crippen molar-refractivity contribution >= 4 is 51.5 Å². The van der Waals surface area contributed by atoms with Crippen molar-refractivity contribution in [3.63, 3.8) is 0 Å². The predicted molar refractivity (Wildman–Crippen MR) is 177 cm³/mol. The first kappa shape index (κ1) is 31.3. The number of amides is 4. The molecule has 0 saturated carbocycles. The van der Waals surface area contributed by atoms with E-state index in [4.69, 9.17) is 4.74 Å². The summed E-state index contributed by atoms with van der Waals surface area (Å²) < 4.78 is 8.59. The second-order valence-electron chi connectivity index (χ2n) is 11.2. The number of nitrogens with one attached hydrogen (secondary N) is 5. The zero-order valence-corrected chi connectivity index (χ0v) is 26.0. The van der Waals surface area contributed by atoms with E-state index >= 15 is 0 Å². The Morgan fingerprint density at radius 3 is 2.15 bits per heavy atom. The molecule has 1 aliphatic heterocycles. The fraction of sp³-hybridized carbons (Fsp3) is 0.242. The number of hydrogen-bond donors (Lipinski definition) is 5. The van der Waals surface area contributed by atoms with Crippen LogP contribution in [0.4, 0.5) is 17.1 Å². The summed E-state index contributed by atoms with van der Waals surface area (Å²) in [5.74, 6) is -1.51. The third kappa shape index (κ3) is 7.40. The molecule has 1 saturated heterocycles. The Labute approximate surface area is 270 Å². The molecule has 0 spiro atoms. The minimum Gasteiger partial charge on any atom is -0.379 e. The number of aromatic nitrogens is 4. The average molecular weight is 638 g/mol. The molecule has 5 heterocycles. The molecule has 0 unspecified atom stereocenters. The van der Waals surface area contributed by atoms with Crippen molar-refractivity contribution in [2.75, 3.05) is 55.3 Å². The van der Waals surface area contributed by atoms with Gasteiger partial charge in [-0.1, -0.05) is 24.3 Å². The molecule has 0 atom stereocenters. The molecule has 0 radical (unpaired) electrons. The van der Waals surface area contributed by atoms with E-state index in [2.05, 4.69) is 36.1 Å². The topological polar surface area (TPSA) is 167 Å². The summed E-state index contributed by atoms with van der Waals surface area (Å²) in [4.78, 5) is 60.9. The molecule has 1 aliphatic rings. The summed E-state index contributed by atoms with van der Waals surface area (Å²) in [6.07, 6.45) is 6.43. The summed E-state index contributed by atoms with van der Waals surface area (Å²) in [5, 5.41) is 13.1. The van der Waals surface area contributed by atoms with Gasteiger partial charge in [-0.2, -0.15) is 0 Å². The molecule has 4 aromatic heterocycles. The number of benzene rings is 1. The minimum atomic E-state index is -0.459. The predicted octanol–water partition coefficient (Wildman–Crippen LogP) is 3.06. The second-order valence-corrected chi connectivity index (χ2v) is 11.2. The van der Waals surface area contributed by atoms with Crippen LogP contribution in [0.1, 0.15) is 42.0 Å².